The van der Waals surface area contributed by atoms with Gasteiger partial charge in [0.2, 0.25) is 5.91 Å². The minimum atomic E-state index is 0.00296. The summed E-state index contributed by atoms with van der Waals surface area (Å²) < 4.78 is 7.09. The molecule has 0 N–H and O–H groups in total. The van der Waals surface area contributed by atoms with E-state index in [1.165, 1.54) is 16.9 Å². The Morgan fingerprint density at radius 3 is 2.72 bits per heavy atom. The summed E-state index contributed by atoms with van der Waals surface area (Å²) in [6.07, 6.45) is 6.26. The lowest BCUT2D eigenvalue weighted by atomic mass is 9.97. The second kappa shape index (κ2) is 8.94. The van der Waals surface area contributed by atoms with Gasteiger partial charge in [-0.1, -0.05) is 12.1 Å². The van der Waals surface area contributed by atoms with Crippen molar-refractivity contribution in [2.75, 3.05) is 38.2 Å². The Labute approximate surface area is 191 Å². The number of carbonyl (C=O) groups is 1. The second-order valence-electron chi connectivity index (χ2n) is 8.42. The van der Waals surface area contributed by atoms with Gasteiger partial charge in [-0.05, 0) is 43.4 Å². The standard InChI is InChI=1S/C24H28N4O3S/c1-31-19-8-4-3-7-18(19)26-12-14-27(15-13-26)21(29)10-11-28-16-25-23-22(24(28)30)17-6-2-5-9-20(17)32-23/h3-4,7-8,16H,2,5-6,9-15H2,1H3. The number of nitrogens with zero attached hydrogens (tertiary/aromatic N) is 4. The molecule has 1 fully saturated rings. The zero-order chi connectivity index (χ0) is 22.1. The van der Waals surface area contributed by atoms with Crippen molar-refractivity contribution in [2.45, 2.75) is 38.6 Å². The van der Waals surface area contributed by atoms with Gasteiger partial charge in [0.1, 0.15) is 10.6 Å². The third-order valence-electron chi connectivity index (χ3n) is 6.57. The van der Waals surface area contributed by atoms with E-state index >= 15 is 0 Å². The van der Waals surface area contributed by atoms with Crippen LogP contribution in [0.1, 0.15) is 29.7 Å². The molecule has 1 aliphatic heterocycles. The predicted molar refractivity (Wildman–Crippen MR) is 127 cm³/mol. The van der Waals surface area contributed by atoms with E-state index in [9.17, 15) is 9.59 Å². The minimum absolute atomic E-state index is 0.00296. The van der Waals surface area contributed by atoms with Crippen LogP contribution in [0.25, 0.3) is 10.2 Å². The van der Waals surface area contributed by atoms with Crippen LogP contribution in [0.15, 0.2) is 35.4 Å². The average molecular weight is 453 g/mol. The van der Waals surface area contributed by atoms with E-state index in [0.29, 0.717) is 26.1 Å². The van der Waals surface area contributed by atoms with Crippen LogP contribution >= 0.6 is 11.3 Å². The van der Waals surface area contributed by atoms with Gasteiger partial charge in [-0.15, -0.1) is 11.3 Å². The van der Waals surface area contributed by atoms with Gasteiger partial charge in [0.25, 0.3) is 5.56 Å². The van der Waals surface area contributed by atoms with Crippen molar-refractivity contribution < 1.29 is 9.53 Å². The van der Waals surface area contributed by atoms with Gasteiger partial charge >= 0.3 is 0 Å². The summed E-state index contributed by atoms with van der Waals surface area (Å²) in [7, 11) is 1.68. The van der Waals surface area contributed by atoms with Crippen LogP contribution in [0.5, 0.6) is 5.75 Å². The Balaban J connectivity index is 1.23. The van der Waals surface area contributed by atoms with Crippen molar-refractivity contribution in [1.82, 2.24) is 14.5 Å². The highest BCUT2D eigenvalue weighted by Crippen LogP contribution is 2.33. The summed E-state index contributed by atoms with van der Waals surface area (Å²) >= 11 is 1.66. The van der Waals surface area contributed by atoms with Crippen molar-refractivity contribution in [1.29, 1.82) is 0 Å². The Morgan fingerprint density at radius 2 is 1.91 bits per heavy atom. The number of rotatable bonds is 5. The lowest BCUT2D eigenvalue weighted by Gasteiger charge is -2.36. The lowest BCUT2D eigenvalue weighted by molar-refractivity contribution is -0.131. The van der Waals surface area contributed by atoms with Crippen LogP contribution in [-0.2, 0) is 24.2 Å². The number of ether oxygens (including phenoxy) is 1. The summed E-state index contributed by atoms with van der Waals surface area (Å²) in [5.74, 6) is 0.939. The highest BCUT2D eigenvalue weighted by Gasteiger charge is 2.24. The zero-order valence-corrected chi connectivity index (χ0v) is 19.2. The average Bonchev–Trinajstić information content (AvgIpc) is 3.23. The van der Waals surface area contributed by atoms with E-state index in [-0.39, 0.29) is 11.5 Å². The smallest absolute Gasteiger partial charge is 0.262 e. The molecule has 0 atom stereocenters. The predicted octanol–water partition coefficient (Wildman–Crippen LogP) is 3.08. The number of fused-ring (bicyclic) bond motifs is 3. The Kier molecular flexibility index (Phi) is 5.87. The first-order valence-electron chi connectivity index (χ1n) is 11.3. The van der Waals surface area contributed by atoms with E-state index in [1.54, 1.807) is 29.3 Å². The molecule has 1 saturated heterocycles. The fraction of sp³-hybridized carbons (Fsp3) is 0.458. The van der Waals surface area contributed by atoms with Crippen LogP contribution in [0.4, 0.5) is 5.69 Å². The highest BCUT2D eigenvalue weighted by atomic mass is 32.1. The highest BCUT2D eigenvalue weighted by molar-refractivity contribution is 7.18. The quantitative estimate of drug-likeness (QED) is 0.595. The third kappa shape index (κ3) is 3.88. The number of anilines is 1. The van der Waals surface area contributed by atoms with E-state index in [0.717, 1.165) is 54.0 Å². The summed E-state index contributed by atoms with van der Waals surface area (Å²) in [4.78, 5) is 36.8. The molecule has 32 heavy (non-hydrogen) atoms. The molecule has 168 valence electrons. The second-order valence-corrected chi connectivity index (χ2v) is 9.51. The van der Waals surface area contributed by atoms with Crippen LogP contribution in [0, 0.1) is 0 Å². The molecule has 0 unspecified atom stereocenters. The molecule has 0 radical (unpaired) electrons. The van der Waals surface area contributed by atoms with Gasteiger partial charge in [-0.2, -0.15) is 0 Å². The largest absolute Gasteiger partial charge is 0.495 e. The number of carbonyl (C=O) groups excluding carboxylic acids is 1. The number of hydrogen-bond donors (Lipinski definition) is 0. The van der Waals surface area contributed by atoms with Gasteiger partial charge in [-0.3, -0.25) is 14.2 Å². The summed E-state index contributed by atoms with van der Waals surface area (Å²) in [6.45, 7) is 3.24. The third-order valence-corrected chi connectivity index (χ3v) is 7.77. The minimum Gasteiger partial charge on any atom is -0.495 e. The van der Waals surface area contributed by atoms with Crippen molar-refractivity contribution >= 4 is 33.1 Å². The number of aryl methyl sites for hydroxylation is 3. The molecular weight excluding hydrogens is 424 g/mol. The number of aromatic nitrogens is 2. The van der Waals surface area contributed by atoms with Crippen molar-refractivity contribution in [3.8, 4) is 5.75 Å². The molecule has 8 heteroatoms. The molecule has 3 heterocycles. The summed E-state index contributed by atoms with van der Waals surface area (Å²) in [6, 6.07) is 7.97. The van der Waals surface area contributed by atoms with Crippen molar-refractivity contribution in [3.05, 3.63) is 51.4 Å². The van der Waals surface area contributed by atoms with Crippen LogP contribution in [0.2, 0.25) is 0 Å². The van der Waals surface area contributed by atoms with Gasteiger partial charge in [0.05, 0.1) is 24.5 Å². The Hall–Kier alpha value is -2.87. The molecule has 5 rings (SSSR count). The fourth-order valence-corrected chi connectivity index (χ4v) is 6.02. The molecule has 1 amide bonds. The number of benzene rings is 1. The SMILES string of the molecule is COc1ccccc1N1CCN(C(=O)CCn2cnc3sc4c(c3c2=O)CCCC4)CC1. The first kappa shape index (κ1) is 21.0. The zero-order valence-electron chi connectivity index (χ0n) is 18.4. The maximum absolute atomic E-state index is 13.1. The molecule has 3 aromatic rings. The van der Waals surface area contributed by atoms with Gasteiger partial charge in [0.15, 0.2) is 0 Å². The first-order valence-corrected chi connectivity index (χ1v) is 12.1. The molecule has 0 saturated carbocycles. The monoisotopic (exact) mass is 452 g/mol. The van der Waals surface area contributed by atoms with Crippen molar-refractivity contribution in [3.63, 3.8) is 0 Å². The van der Waals surface area contributed by atoms with E-state index in [2.05, 4.69) is 16.0 Å². The van der Waals surface area contributed by atoms with E-state index in [1.807, 2.05) is 23.1 Å². The van der Waals surface area contributed by atoms with Crippen LogP contribution in [-0.4, -0.2) is 53.6 Å². The number of hydrogen-bond acceptors (Lipinski definition) is 6. The normalized spacial score (nSPS) is 16.3. The lowest BCUT2D eigenvalue weighted by Crippen LogP contribution is -2.49. The van der Waals surface area contributed by atoms with Crippen LogP contribution in [0.3, 0.4) is 0 Å². The summed E-state index contributed by atoms with van der Waals surface area (Å²) in [5, 5.41) is 0.782. The molecule has 0 bridgehead atoms. The molecule has 2 aromatic heterocycles. The van der Waals surface area contributed by atoms with Gasteiger partial charge in [0, 0.05) is 44.0 Å². The van der Waals surface area contributed by atoms with E-state index < -0.39 is 0 Å². The van der Waals surface area contributed by atoms with Gasteiger partial charge < -0.3 is 14.5 Å². The number of piperazine rings is 1. The molecule has 1 aliphatic carbocycles. The molecule has 2 aliphatic rings. The van der Waals surface area contributed by atoms with Gasteiger partial charge in [-0.25, -0.2) is 4.98 Å². The molecule has 1 aromatic carbocycles. The first-order chi connectivity index (χ1) is 15.7. The number of para-hydroxylation sites is 2. The van der Waals surface area contributed by atoms with Crippen molar-refractivity contribution in [2.24, 2.45) is 0 Å². The Bertz CT molecular complexity index is 1190. The molecule has 7 nitrogen and oxygen atoms in total. The topological polar surface area (TPSA) is 67.7 Å². The fourth-order valence-electron chi connectivity index (χ4n) is 4.80. The number of thiophene rings is 1. The molecule has 0 spiro atoms. The number of methoxy groups -OCH3 is 1. The number of amides is 1. The summed E-state index contributed by atoms with van der Waals surface area (Å²) in [5.41, 5.74) is 2.26. The maximum Gasteiger partial charge on any atom is 0.262 e. The van der Waals surface area contributed by atoms with E-state index in [4.69, 9.17) is 4.74 Å². The molecular formula is C24H28N4O3S. The maximum atomic E-state index is 13.1. The Morgan fingerprint density at radius 1 is 1.12 bits per heavy atom. The van der Waals surface area contributed by atoms with Crippen LogP contribution < -0.4 is 15.2 Å².